The summed E-state index contributed by atoms with van der Waals surface area (Å²) in [6, 6.07) is 13.8. The normalized spacial score (nSPS) is 23.3. The minimum atomic E-state index is -0.519. The van der Waals surface area contributed by atoms with Gasteiger partial charge >= 0.3 is 0 Å². The van der Waals surface area contributed by atoms with Gasteiger partial charge in [-0.25, -0.2) is 9.07 Å². The summed E-state index contributed by atoms with van der Waals surface area (Å²) in [5.41, 5.74) is 3.69. The fourth-order valence-electron chi connectivity index (χ4n) is 6.86. The molecule has 0 spiro atoms. The summed E-state index contributed by atoms with van der Waals surface area (Å²) >= 11 is 3.43. The molecule has 10 nitrogen and oxygen atoms in total. The predicted octanol–water partition coefficient (Wildman–Crippen LogP) is 4.15. The first-order valence-corrected chi connectivity index (χ1v) is 16.7. The Balaban J connectivity index is 0.988. The monoisotopic (exact) mass is 694 g/mol. The standard InChI is InChI=1S/C34H40BrFN6O4/c1-40-19-24(15-25(20-40)38-29-17-37-41(2)34(45)32(29)35)22-5-3-21(4-6-22)18-42-13-11-26(12-14-42)46-30-9-7-23(16-28(30)36)27-8-10-31(43)39-33(27)44/h3-7,9,16-17,24-27,38H,8,10-15,18-20H2,1-2H3,(H,39,43,44)/t24-,25+,27?/m0/s1. The number of likely N-dealkylation sites (N-methyl/N-ethyl adjacent to an activating group) is 1. The zero-order chi connectivity index (χ0) is 32.4. The van der Waals surface area contributed by atoms with E-state index in [1.807, 2.05) is 0 Å². The molecule has 0 saturated carbocycles. The SMILES string of the molecule is CN1C[C@H](Nc2cnn(C)c(=O)c2Br)C[C@H](c2ccc(CN3CCC(Oc4ccc(C5CCC(=O)NC5=O)cc4F)CC3)cc2)C1. The maximum Gasteiger partial charge on any atom is 0.282 e. The summed E-state index contributed by atoms with van der Waals surface area (Å²) in [6.07, 6.45) is 4.82. The Morgan fingerprint density at radius 2 is 1.76 bits per heavy atom. The zero-order valence-electron chi connectivity index (χ0n) is 26.2. The molecule has 0 radical (unpaired) electrons. The highest BCUT2D eigenvalue weighted by Crippen LogP contribution is 2.31. The Kier molecular flexibility index (Phi) is 9.86. The van der Waals surface area contributed by atoms with Crippen LogP contribution in [0, 0.1) is 5.82 Å². The largest absolute Gasteiger partial charge is 0.487 e. The molecule has 12 heteroatoms. The van der Waals surface area contributed by atoms with Gasteiger partial charge in [-0.3, -0.25) is 24.6 Å². The maximum absolute atomic E-state index is 14.9. The number of likely N-dealkylation sites (tertiary alicyclic amines) is 2. The van der Waals surface area contributed by atoms with Crippen molar-refractivity contribution in [2.75, 3.05) is 38.5 Å². The van der Waals surface area contributed by atoms with E-state index in [2.05, 4.69) is 72.8 Å². The van der Waals surface area contributed by atoms with Crippen LogP contribution in [0.1, 0.15) is 60.6 Å². The third-order valence-corrected chi connectivity index (χ3v) is 10.1. The van der Waals surface area contributed by atoms with E-state index in [1.54, 1.807) is 25.4 Å². The van der Waals surface area contributed by atoms with Crippen molar-refractivity contribution in [3.63, 3.8) is 0 Å². The highest BCUT2D eigenvalue weighted by Gasteiger charge is 2.30. The highest BCUT2D eigenvalue weighted by molar-refractivity contribution is 9.10. The van der Waals surface area contributed by atoms with E-state index in [1.165, 1.54) is 21.9 Å². The molecule has 3 aromatic rings. The number of rotatable bonds is 8. The van der Waals surface area contributed by atoms with E-state index in [0.717, 1.165) is 57.7 Å². The Morgan fingerprint density at radius 3 is 2.48 bits per heavy atom. The number of carbonyl (C=O) groups is 2. The van der Waals surface area contributed by atoms with Gasteiger partial charge in [-0.05, 0) is 83.4 Å². The smallest absolute Gasteiger partial charge is 0.282 e. The minimum Gasteiger partial charge on any atom is -0.487 e. The zero-order valence-corrected chi connectivity index (χ0v) is 27.8. The van der Waals surface area contributed by atoms with Gasteiger partial charge in [0.05, 0.1) is 17.8 Å². The molecular formula is C34H40BrFN6O4. The molecular weight excluding hydrogens is 655 g/mol. The van der Waals surface area contributed by atoms with E-state index in [0.29, 0.717) is 22.4 Å². The summed E-state index contributed by atoms with van der Waals surface area (Å²) in [5.74, 6) is -1.09. The third kappa shape index (κ3) is 7.50. The summed E-state index contributed by atoms with van der Waals surface area (Å²) in [4.78, 5) is 40.6. The van der Waals surface area contributed by atoms with Gasteiger partial charge in [-0.1, -0.05) is 30.3 Å². The highest BCUT2D eigenvalue weighted by atomic mass is 79.9. The van der Waals surface area contributed by atoms with Crippen molar-refractivity contribution in [3.8, 4) is 5.75 Å². The van der Waals surface area contributed by atoms with Crippen molar-refractivity contribution in [1.29, 1.82) is 0 Å². The van der Waals surface area contributed by atoms with E-state index in [4.69, 9.17) is 4.74 Å². The summed E-state index contributed by atoms with van der Waals surface area (Å²) in [6.45, 7) is 4.42. The Hall–Kier alpha value is -3.61. The van der Waals surface area contributed by atoms with Crippen LogP contribution >= 0.6 is 15.9 Å². The van der Waals surface area contributed by atoms with E-state index in [-0.39, 0.29) is 41.7 Å². The number of hydrogen-bond acceptors (Lipinski definition) is 8. The second-order valence-electron chi connectivity index (χ2n) is 12.8. The summed E-state index contributed by atoms with van der Waals surface area (Å²) in [7, 11) is 3.77. The van der Waals surface area contributed by atoms with Gasteiger partial charge in [0.25, 0.3) is 5.56 Å². The second-order valence-corrected chi connectivity index (χ2v) is 13.6. The van der Waals surface area contributed by atoms with Crippen molar-refractivity contribution >= 4 is 33.4 Å². The number of carbonyl (C=O) groups excluding carboxylic acids is 2. The summed E-state index contributed by atoms with van der Waals surface area (Å²) in [5, 5.41) is 10.0. The number of ether oxygens (including phenoxy) is 1. The fraction of sp³-hybridized carbons (Fsp3) is 0.471. The van der Waals surface area contributed by atoms with Gasteiger partial charge in [-0.2, -0.15) is 5.10 Å². The molecule has 2 aromatic carbocycles. The van der Waals surface area contributed by atoms with Crippen LogP contribution in [0.15, 0.2) is 57.9 Å². The number of aryl methyl sites for hydroxylation is 1. The third-order valence-electron chi connectivity index (χ3n) is 9.35. The molecule has 46 heavy (non-hydrogen) atoms. The lowest BCUT2D eigenvalue weighted by Gasteiger charge is -2.37. The minimum absolute atomic E-state index is 0.0743. The van der Waals surface area contributed by atoms with Gasteiger partial charge in [0.1, 0.15) is 10.6 Å². The first-order valence-electron chi connectivity index (χ1n) is 15.9. The molecule has 244 valence electrons. The Bertz CT molecular complexity index is 1640. The number of anilines is 1. The first kappa shape index (κ1) is 32.3. The number of hydrogen-bond donors (Lipinski definition) is 2. The number of amides is 2. The van der Waals surface area contributed by atoms with Crippen LogP contribution in [0.5, 0.6) is 5.75 Å². The van der Waals surface area contributed by atoms with Crippen molar-refractivity contribution < 1.29 is 18.7 Å². The van der Waals surface area contributed by atoms with Gasteiger partial charge < -0.3 is 15.0 Å². The van der Waals surface area contributed by atoms with Crippen molar-refractivity contribution in [2.24, 2.45) is 7.05 Å². The quantitative estimate of drug-likeness (QED) is 0.339. The maximum atomic E-state index is 14.9. The van der Waals surface area contributed by atoms with Crippen molar-refractivity contribution in [1.82, 2.24) is 24.9 Å². The molecule has 6 rings (SSSR count). The molecule has 0 bridgehead atoms. The van der Waals surface area contributed by atoms with Gasteiger partial charge in [0.15, 0.2) is 11.6 Å². The number of imide groups is 1. The molecule has 1 unspecified atom stereocenters. The van der Waals surface area contributed by atoms with Crippen LogP contribution in [-0.2, 0) is 23.2 Å². The van der Waals surface area contributed by atoms with Gasteiger partial charge in [0.2, 0.25) is 11.8 Å². The molecule has 3 saturated heterocycles. The number of halogens is 2. The van der Waals surface area contributed by atoms with E-state index < -0.39 is 11.7 Å². The molecule has 2 N–H and O–H groups in total. The summed E-state index contributed by atoms with van der Waals surface area (Å²) < 4.78 is 22.8. The van der Waals surface area contributed by atoms with Crippen LogP contribution in [-0.4, -0.2) is 76.8 Å². The lowest BCUT2D eigenvalue weighted by Crippen LogP contribution is -2.43. The van der Waals surface area contributed by atoms with E-state index in [9.17, 15) is 18.8 Å². The lowest BCUT2D eigenvalue weighted by atomic mass is 9.87. The fourth-order valence-corrected chi connectivity index (χ4v) is 7.33. The molecule has 4 heterocycles. The molecule has 1 aromatic heterocycles. The van der Waals surface area contributed by atoms with Crippen LogP contribution in [0.3, 0.4) is 0 Å². The van der Waals surface area contributed by atoms with Crippen LogP contribution in [0.2, 0.25) is 0 Å². The number of nitrogens with one attached hydrogen (secondary N) is 2. The molecule has 3 fully saturated rings. The van der Waals surface area contributed by atoms with Gasteiger partial charge in [-0.15, -0.1) is 0 Å². The number of aromatic nitrogens is 2. The van der Waals surface area contributed by atoms with Crippen LogP contribution in [0.25, 0.3) is 0 Å². The predicted molar refractivity (Wildman–Crippen MR) is 176 cm³/mol. The number of piperidine rings is 3. The molecule has 3 aliphatic rings. The second kappa shape index (κ2) is 14.0. The number of nitrogens with zero attached hydrogens (tertiary/aromatic N) is 4. The Morgan fingerprint density at radius 1 is 1.02 bits per heavy atom. The average molecular weight is 696 g/mol. The molecule has 2 amide bonds. The van der Waals surface area contributed by atoms with Crippen LogP contribution in [0.4, 0.5) is 10.1 Å². The molecule has 3 aliphatic heterocycles. The van der Waals surface area contributed by atoms with Crippen molar-refractivity contribution in [2.45, 2.75) is 62.6 Å². The van der Waals surface area contributed by atoms with Crippen molar-refractivity contribution in [3.05, 3.63) is 86.0 Å². The van der Waals surface area contributed by atoms with E-state index >= 15 is 0 Å². The molecule has 0 aliphatic carbocycles. The first-order chi connectivity index (χ1) is 22.1. The topological polar surface area (TPSA) is 109 Å². The number of benzene rings is 2. The van der Waals surface area contributed by atoms with Crippen LogP contribution < -0.4 is 20.9 Å². The molecule has 3 atom stereocenters. The van der Waals surface area contributed by atoms with Gasteiger partial charge in [0, 0.05) is 52.2 Å². The lowest BCUT2D eigenvalue weighted by molar-refractivity contribution is -0.134. The Labute approximate surface area is 276 Å². The average Bonchev–Trinajstić information content (AvgIpc) is 3.03.